The molecular formula is C19H18N2O3S. The number of amides is 2. The lowest BCUT2D eigenvalue weighted by Gasteiger charge is -2.24. The predicted molar refractivity (Wildman–Crippen MR) is 99.5 cm³/mol. The molecule has 3 aromatic rings. The van der Waals surface area contributed by atoms with E-state index in [0.717, 1.165) is 10.1 Å². The van der Waals surface area contributed by atoms with E-state index in [-0.39, 0.29) is 6.54 Å². The summed E-state index contributed by atoms with van der Waals surface area (Å²) in [6, 6.07) is 16.5. The molecule has 6 heteroatoms. The molecule has 0 aliphatic rings. The molecule has 128 valence electrons. The van der Waals surface area contributed by atoms with Gasteiger partial charge in [0, 0.05) is 0 Å². The molecule has 2 amide bonds. The van der Waals surface area contributed by atoms with Gasteiger partial charge in [-0.1, -0.05) is 42.5 Å². The van der Waals surface area contributed by atoms with E-state index in [0.29, 0.717) is 11.3 Å². The zero-order valence-corrected chi connectivity index (χ0v) is 14.5. The number of rotatable bonds is 4. The first-order valence-electron chi connectivity index (χ1n) is 7.81. The molecule has 0 aliphatic carbocycles. The average Bonchev–Trinajstić information content (AvgIpc) is 3.10. The second kappa shape index (κ2) is 7.04. The Morgan fingerprint density at radius 1 is 1.04 bits per heavy atom. The van der Waals surface area contributed by atoms with Gasteiger partial charge in [-0.2, -0.15) is 0 Å². The van der Waals surface area contributed by atoms with Gasteiger partial charge in [-0.25, -0.2) is 0 Å². The summed E-state index contributed by atoms with van der Waals surface area (Å²) in [4.78, 5) is 24.2. The van der Waals surface area contributed by atoms with Crippen LogP contribution < -0.4 is 10.6 Å². The van der Waals surface area contributed by atoms with Crippen LogP contribution in [0.3, 0.4) is 0 Å². The highest BCUT2D eigenvalue weighted by molar-refractivity contribution is 7.17. The second-order valence-corrected chi connectivity index (χ2v) is 6.84. The minimum atomic E-state index is -1.26. The number of hydrogen-bond acceptors (Lipinski definition) is 4. The van der Waals surface area contributed by atoms with Crippen molar-refractivity contribution in [3.8, 4) is 0 Å². The molecule has 0 spiro atoms. The zero-order chi connectivity index (χ0) is 17.9. The third kappa shape index (κ3) is 3.87. The van der Waals surface area contributed by atoms with Crippen LogP contribution in [-0.4, -0.2) is 23.5 Å². The van der Waals surface area contributed by atoms with Crippen LogP contribution in [-0.2, 0) is 15.2 Å². The minimum Gasteiger partial charge on any atom is -0.384 e. The van der Waals surface area contributed by atoms with Crippen molar-refractivity contribution in [1.29, 1.82) is 0 Å². The van der Waals surface area contributed by atoms with Crippen molar-refractivity contribution < 1.29 is 14.7 Å². The Balaban J connectivity index is 1.63. The number of aliphatic hydroxyl groups is 1. The molecule has 1 heterocycles. The molecule has 2 aromatic carbocycles. The lowest BCUT2D eigenvalue weighted by atomic mass is 9.96. The van der Waals surface area contributed by atoms with Gasteiger partial charge in [0.05, 0.1) is 16.9 Å². The summed E-state index contributed by atoms with van der Waals surface area (Å²) in [5, 5.41) is 18.5. The Morgan fingerprint density at radius 3 is 2.56 bits per heavy atom. The van der Waals surface area contributed by atoms with Crippen LogP contribution in [0.15, 0.2) is 60.0 Å². The molecular weight excluding hydrogens is 336 g/mol. The summed E-state index contributed by atoms with van der Waals surface area (Å²) < 4.78 is 0.917. The zero-order valence-electron chi connectivity index (χ0n) is 13.7. The van der Waals surface area contributed by atoms with Crippen LogP contribution in [0.5, 0.6) is 0 Å². The Kier molecular flexibility index (Phi) is 4.83. The summed E-state index contributed by atoms with van der Waals surface area (Å²) in [6.07, 6.45) is 0. The average molecular weight is 354 g/mol. The predicted octanol–water partition coefficient (Wildman–Crippen LogP) is 2.86. The van der Waals surface area contributed by atoms with Crippen LogP contribution in [0.4, 0.5) is 5.69 Å². The van der Waals surface area contributed by atoms with Crippen molar-refractivity contribution >= 4 is 38.9 Å². The van der Waals surface area contributed by atoms with Crippen molar-refractivity contribution in [1.82, 2.24) is 5.32 Å². The molecule has 1 unspecified atom stereocenters. The van der Waals surface area contributed by atoms with Crippen LogP contribution in [0.2, 0.25) is 0 Å². The van der Waals surface area contributed by atoms with E-state index in [1.54, 1.807) is 37.3 Å². The molecule has 0 aliphatic heterocycles. The molecule has 3 N–H and O–H groups in total. The van der Waals surface area contributed by atoms with E-state index in [9.17, 15) is 14.7 Å². The summed E-state index contributed by atoms with van der Waals surface area (Å²) in [6.45, 7) is 1.53. The summed E-state index contributed by atoms with van der Waals surface area (Å²) in [7, 11) is 0. The van der Waals surface area contributed by atoms with Crippen LogP contribution >= 0.6 is 11.3 Å². The smallest absolute Gasteiger partial charge is 0.313 e. The summed E-state index contributed by atoms with van der Waals surface area (Å²) in [5.74, 6) is -1.55. The van der Waals surface area contributed by atoms with Gasteiger partial charge in [0.2, 0.25) is 0 Å². The van der Waals surface area contributed by atoms with E-state index >= 15 is 0 Å². The Hall–Kier alpha value is -2.70. The van der Waals surface area contributed by atoms with E-state index in [4.69, 9.17) is 0 Å². The van der Waals surface area contributed by atoms with E-state index in [1.165, 1.54) is 11.3 Å². The van der Waals surface area contributed by atoms with Crippen LogP contribution in [0.1, 0.15) is 12.5 Å². The van der Waals surface area contributed by atoms with Crippen molar-refractivity contribution in [2.24, 2.45) is 0 Å². The lowest BCUT2D eigenvalue weighted by Crippen LogP contribution is -2.43. The van der Waals surface area contributed by atoms with Gasteiger partial charge < -0.3 is 15.7 Å². The number of fused-ring (bicyclic) bond motifs is 1. The fourth-order valence-electron chi connectivity index (χ4n) is 2.50. The first-order chi connectivity index (χ1) is 12.0. The molecule has 1 atom stereocenters. The molecule has 25 heavy (non-hydrogen) atoms. The molecule has 0 saturated heterocycles. The second-order valence-electron chi connectivity index (χ2n) is 5.92. The largest absolute Gasteiger partial charge is 0.384 e. The van der Waals surface area contributed by atoms with E-state index in [2.05, 4.69) is 10.6 Å². The number of hydrogen-bond donors (Lipinski definition) is 3. The normalized spacial score (nSPS) is 13.2. The first-order valence-corrected chi connectivity index (χ1v) is 8.69. The Morgan fingerprint density at radius 2 is 1.80 bits per heavy atom. The topological polar surface area (TPSA) is 78.4 Å². The molecule has 5 nitrogen and oxygen atoms in total. The van der Waals surface area contributed by atoms with Gasteiger partial charge in [0.15, 0.2) is 0 Å². The molecule has 1 aromatic heterocycles. The Labute approximate surface area is 149 Å². The van der Waals surface area contributed by atoms with Crippen molar-refractivity contribution in [3.63, 3.8) is 0 Å². The highest BCUT2D eigenvalue weighted by atomic mass is 32.1. The number of nitrogens with one attached hydrogen (secondary N) is 2. The lowest BCUT2D eigenvalue weighted by molar-refractivity contribution is -0.136. The van der Waals surface area contributed by atoms with E-state index in [1.807, 2.05) is 29.6 Å². The van der Waals surface area contributed by atoms with E-state index < -0.39 is 17.4 Å². The maximum Gasteiger partial charge on any atom is 0.313 e. The quantitative estimate of drug-likeness (QED) is 0.631. The molecule has 0 radical (unpaired) electrons. The molecule has 0 saturated carbocycles. The van der Waals surface area contributed by atoms with Crippen molar-refractivity contribution in [3.05, 3.63) is 65.5 Å². The van der Waals surface area contributed by atoms with Gasteiger partial charge in [0.1, 0.15) is 5.60 Å². The SMILES string of the molecule is CC(O)(CNC(=O)C(=O)Nc1cccc2ccsc12)c1ccccc1. The standard InChI is InChI=1S/C19H18N2O3S/c1-19(24,14-7-3-2-4-8-14)12-20-17(22)18(23)21-15-9-5-6-13-10-11-25-16(13)15/h2-11,24H,12H2,1H3,(H,20,22)(H,21,23). The van der Waals surface area contributed by atoms with Crippen LogP contribution in [0, 0.1) is 0 Å². The third-order valence-electron chi connectivity index (χ3n) is 3.92. The number of thiophene rings is 1. The number of carbonyl (C=O) groups is 2. The first kappa shape index (κ1) is 17.1. The molecule has 3 rings (SSSR count). The maximum absolute atomic E-state index is 12.1. The van der Waals surface area contributed by atoms with Gasteiger partial charge in [0.25, 0.3) is 0 Å². The fraction of sp³-hybridized carbons (Fsp3) is 0.158. The number of benzene rings is 2. The van der Waals surface area contributed by atoms with Crippen molar-refractivity contribution in [2.75, 3.05) is 11.9 Å². The van der Waals surface area contributed by atoms with Crippen molar-refractivity contribution in [2.45, 2.75) is 12.5 Å². The monoisotopic (exact) mass is 354 g/mol. The molecule has 0 bridgehead atoms. The van der Waals surface area contributed by atoms with Gasteiger partial charge in [-0.3, -0.25) is 9.59 Å². The maximum atomic E-state index is 12.1. The highest BCUT2D eigenvalue weighted by Gasteiger charge is 2.25. The summed E-state index contributed by atoms with van der Waals surface area (Å²) >= 11 is 1.50. The Bertz CT molecular complexity index is 903. The van der Waals surface area contributed by atoms with Gasteiger partial charge >= 0.3 is 11.8 Å². The third-order valence-corrected chi connectivity index (χ3v) is 4.89. The minimum absolute atomic E-state index is 0.0630. The molecule has 0 fully saturated rings. The highest BCUT2D eigenvalue weighted by Crippen LogP contribution is 2.28. The fourth-order valence-corrected chi connectivity index (χ4v) is 3.37. The number of anilines is 1. The summed E-state index contributed by atoms with van der Waals surface area (Å²) in [5.41, 5.74) is 0.00634. The van der Waals surface area contributed by atoms with Gasteiger partial charge in [-0.05, 0) is 35.4 Å². The van der Waals surface area contributed by atoms with Gasteiger partial charge in [-0.15, -0.1) is 11.3 Å². The van der Waals surface area contributed by atoms with Crippen LogP contribution in [0.25, 0.3) is 10.1 Å². The number of carbonyl (C=O) groups excluding carboxylic acids is 2.